The number of urea groups is 1. The van der Waals surface area contributed by atoms with Crippen LogP contribution in [0.1, 0.15) is 31.9 Å². The molecule has 1 aliphatic rings. The van der Waals surface area contributed by atoms with Gasteiger partial charge in [0.25, 0.3) is 0 Å². The fraction of sp³-hybridized carbons (Fsp3) is 0.341. The van der Waals surface area contributed by atoms with Crippen molar-refractivity contribution in [1.82, 2.24) is 15.2 Å². The Kier molecular flexibility index (Phi) is 15.1. The molecule has 6 rings (SSSR count). The second kappa shape index (κ2) is 20.1. The van der Waals surface area contributed by atoms with Crippen molar-refractivity contribution in [2.24, 2.45) is 0 Å². The highest BCUT2D eigenvalue weighted by Gasteiger charge is 2.22. The van der Waals surface area contributed by atoms with Gasteiger partial charge >= 0.3 is 6.03 Å². The lowest BCUT2D eigenvalue weighted by Crippen LogP contribution is -2.40. The maximum absolute atomic E-state index is 13.4. The van der Waals surface area contributed by atoms with Gasteiger partial charge in [-0.2, -0.15) is 0 Å². The molecule has 0 unspecified atom stereocenters. The van der Waals surface area contributed by atoms with Crippen LogP contribution < -0.4 is 40.8 Å². The number of rotatable bonds is 13. The zero-order valence-electron chi connectivity index (χ0n) is 34.2. The molecule has 0 spiro atoms. The van der Waals surface area contributed by atoms with Crippen molar-refractivity contribution in [2.45, 2.75) is 33.1 Å². The Bertz CT molecular complexity index is 2130. The number of morpholine rings is 1. The van der Waals surface area contributed by atoms with Gasteiger partial charge in [-0.1, -0.05) is 59.0 Å². The summed E-state index contributed by atoms with van der Waals surface area (Å²) in [5, 5.41) is 14.9. The molecule has 13 heteroatoms. The molecule has 302 valence electrons. The van der Waals surface area contributed by atoms with Gasteiger partial charge in [-0.3, -0.25) is 9.69 Å². The molecule has 12 nitrogen and oxygen atoms in total. The van der Waals surface area contributed by atoms with Gasteiger partial charge in [-0.05, 0) is 73.2 Å². The molecule has 3 amide bonds. The summed E-state index contributed by atoms with van der Waals surface area (Å²) in [6, 6.07) is 24.9. The largest absolute Gasteiger partial charge is 0.496 e. The molecule has 0 aliphatic carbocycles. The second-order valence-corrected chi connectivity index (χ2v) is 17.0. The third kappa shape index (κ3) is 11.8. The summed E-state index contributed by atoms with van der Waals surface area (Å²) in [6.07, 6.45) is 2.43. The minimum atomic E-state index is -0.466. The number of hydrogen-bond donors (Lipinski definition) is 4. The molecule has 0 atom stereocenters. The molecule has 0 radical (unpaired) electrons. The van der Waals surface area contributed by atoms with Crippen LogP contribution in [-0.4, -0.2) is 89.3 Å². The first-order valence-corrected chi connectivity index (χ1v) is 21.2. The number of aromatic nitrogens is 1. The van der Waals surface area contributed by atoms with E-state index in [4.69, 9.17) is 18.9 Å². The molecule has 57 heavy (non-hydrogen) atoms. The number of pyridine rings is 1. The normalized spacial score (nSPS) is 12.9. The van der Waals surface area contributed by atoms with Crippen LogP contribution in [0.3, 0.4) is 0 Å². The Labute approximate surface area is 337 Å². The first-order chi connectivity index (χ1) is 27.4. The average molecular weight is 795 g/mol. The van der Waals surface area contributed by atoms with Crippen LogP contribution >= 0.6 is 7.92 Å². The highest BCUT2D eigenvalue weighted by Crippen LogP contribution is 2.39. The van der Waals surface area contributed by atoms with Gasteiger partial charge in [0.1, 0.15) is 28.8 Å². The number of hydrogen-bond acceptors (Lipinski definition) is 9. The highest BCUT2D eigenvalue weighted by molar-refractivity contribution is 7.64. The van der Waals surface area contributed by atoms with Crippen LogP contribution in [-0.2, 0) is 14.9 Å². The molecule has 4 N–H and O–H groups in total. The van der Waals surface area contributed by atoms with E-state index >= 15 is 0 Å². The minimum absolute atomic E-state index is 0.0921. The molecule has 2 heterocycles. The summed E-state index contributed by atoms with van der Waals surface area (Å²) in [5.41, 5.74) is 4.26. The van der Waals surface area contributed by atoms with Gasteiger partial charge in [0.05, 0.1) is 38.8 Å². The van der Waals surface area contributed by atoms with E-state index in [0.29, 0.717) is 34.4 Å². The third-order valence-electron chi connectivity index (χ3n) is 9.40. The van der Waals surface area contributed by atoms with E-state index in [2.05, 4.69) is 71.3 Å². The molecule has 1 aliphatic heterocycles. The number of carbonyl (C=O) groups is 2. The zero-order valence-corrected chi connectivity index (χ0v) is 35.1. The highest BCUT2D eigenvalue weighted by atomic mass is 31.1. The number of amides is 3. The quantitative estimate of drug-likeness (QED) is 0.0526. The maximum Gasteiger partial charge on any atom is 0.323 e. The Morgan fingerprint density at radius 2 is 1.63 bits per heavy atom. The fourth-order valence-electron chi connectivity index (χ4n) is 6.25. The van der Waals surface area contributed by atoms with Crippen molar-refractivity contribution in [3.05, 3.63) is 96.2 Å². The molecule has 0 bridgehead atoms. The Hall–Kier alpha value is -5.42. The van der Waals surface area contributed by atoms with Gasteiger partial charge in [-0.15, -0.1) is 0 Å². The van der Waals surface area contributed by atoms with E-state index in [0.717, 1.165) is 84.4 Å². The van der Waals surface area contributed by atoms with Crippen LogP contribution in [0.4, 0.5) is 27.7 Å². The third-order valence-corrected chi connectivity index (χ3v) is 10.7. The topological polar surface area (TPSA) is 135 Å². The summed E-state index contributed by atoms with van der Waals surface area (Å²) in [5.74, 6) is 3.40. The first-order valence-electron chi connectivity index (χ1n) is 18.9. The Morgan fingerprint density at radius 3 is 2.32 bits per heavy atom. The predicted octanol–water partition coefficient (Wildman–Crippen LogP) is 8.47. The fourth-order valence-corrected chi connectivity index (χ4v) is 7.27. The number of methoxy groups -OCH3 is 2. The second-order valence-electron chi connectivity index (χ2n) is 14.8. The maximum atomic E-state index is 13.4. The van der Waals surface area contributed by atoms with E-state index < -0.39 is 7.92 Å². The Balaban J connectivity index is 0.000000486. The van der Waals surface area contributed by atoms with Crippen LogP contribution in [0.25, 0.3) is 10.8 Å². The number of carbonyl (C=O) groups excluding carboxylic acids is 2. The number of fused-ring (bicyclic) bond motifs is 1. The van der Waals surface area contributed by atoms with Crippen molar-refractivity contribution < 1.29 is 28.5 Å². The number of ether oxygens (including phenoxy) is 4. The molecular formula is C44H55N6O6P. The van der Waals surface area contributed by atoms with Crippen molar-refractivity contribution in [1.29, 1.82) is 0 Å². The van der Waals surface area contributed by atoms with Crippen LogP contribution in [0, 0.1) is 6.92 Å². The van der Waals surface area contributed by atoms with Crippen LogP contribution in [0.5, 0.6) is 23.0 Å². The summed E-state index contributed by atoms with van der Waals surface area (Å²) >= 11 is 0. The van der Waals surface area contributed by atoms with Crippen LogP contribution in [0.2, 0.25) is 0 Å². The number of aryl methyl sites for hydroxylation is 1. The van der Waals surface area contributed by atoms with E-state index in [1.54, 1.807) is 26.5 Å². The van der Waals surface area contributed by atoms with Crippen molar-refractivity contribution in [2.75, 3.05) is 82.9 Å². The molecule has 4 aromatic carbocycles. The van der Waals surface area contributed by atoms with E-state index in [1.807, 2.05) is 73.7 Å². The lowest BCUT2D eigenvalue weighted by atomic mass is 9.86. The van der Waals surface area contributed by atoms with Gasteiger partial charge in [-0.25, -0.2) is 9.78 Å². The number of nitrogens with one attached hydrogen (secondary N) is 4. The number of nitrogens with zero attached hydrogens (tertiary/aromatic N) is 2. The van der Waals surface area contributed by atoms with Crippen LogP contribution in [0.15, 0.2) is 85.1 Å². The monoisotopic (exact) mass is 794 g/mol. The number of benzene rings is 4. The van der Waals surface area contributed by atoms with Gasteiger partial charge in [0.2, 0.25) is 6.41 Å². The summed E-state index contributed by atoms with van der Waals surface area (Å²) < 4.78 is 22.8. The Morgan fingerprint density at radius 1 is 0.895 bits per heavy atom. The van der Waals surface area contributed by atoms with Crippen molar-refractivity contribution in [3.8, 4) is 23.0 Å². The molecule has 1 aromatic heterocycles. The number of anilines is 4. The first kappa shape index (κ1) is 42.7. The van der Waals surface area contributed by atoms with Gasteiger partial charge < -0.3 is 40.2 Å². The summed E-state index contributed by atoms with van der Waals surface area (Å²) in [7, 11) is 2.83. The molecular weight excluding hydrogens is 739 g/mol. The molecule has 5 aromatic rings. The standard InChI is InChI=1S/C37H41N4O4P.C7H14N2O2/c1-23-13-14-25(21-32(23)43-5)39-34-22-26(17-18-38-34)45-31-16-15-29(27-11-9-10-12-28(27)31)40-36(42)41-30-19-24(37(2,3)4)20-33(46(7)8)35(30)44-6;10-7-8-1-2-9-3-5-11-6-4-9/h9-22H,1-8H3,(H,38,39)(H2,40,41,42);7H,1-6H2,(H,8,10). The molecule has 1 fully saturated rings. The summed E-state index contributed by atoms with van der Waals surface area (Å²) in [4.78, 5) is 30.1. The zero-order chi connectivity index (χ0) is 41.0. The minimum Gasteiger partial charge on any atom is -0.496 e. The van der Waals surface area contributed by atoms with Gasteiger partial charge in [0, 0.05) is 66.3 Å². The average Bonchev–Trinajstić information content (AvgIpc) is 3.20. The van der Waals surface area contributed by atoms with E-state index in [-0.39, 0.29) is 11.4 Å². The SMILES string of the molecule is COc1cc(Nc2cc(Oc3ccc(NC(=O)Nc4cc(C(C)(C)C)cc(P(C)C)c4OC)c4ccccc34)ccn2)ccc1C.O=CNCCN1CCOCC1. The predicted molar refractivity (Wildman–Crippen MR) is 233 cm³/mol. The molecule has 1 saturated heterocycles. The van der Waals surface area contributed by atoms with Crippen molar-refractivity contribution in [3.63, 3.8) is 0 Å². The van der Waals surface area contributed by atoms with Crippen molar-refractivity contribution >= 4 is 59.3 Å². The van der Waals surface area contributed by atoms with Gasteiger partial charge in [0.15, 0.2) is 0 Å². The lowest BCUT2D eigenvalue weighted by molar-refractivity contribution is -0.109. The lowest BCUT2D eigenvalue weighted by Gasteiger charge is -2.26. The summed E-state index contributed by atoms with van der Waals surface area (Å²) in [6.45, 7) is 18.1. The van der Waals surface area contributed by atoms with E-state index in [9.17, 15) is 9.59 Å². The van der Waals surface area contributed by atoms with E-state index in [1.165, 1.54) is 0 Å². The smallest absolute Gasteiger partial charge is 0.323 e. The molecule has 0 saturated carbocycles.